The van der Waals surface area contributed by atoms with E-state index in [-0.39, 0.29) is 5.82 Å². The SMILES string of the molecule is CCN(C)c1nn(-c2ccncn2)c(N)c1C#N. The van der Waals surface area contributed by atoms with E-state index in [1.165, 1.54) is 11.0 Å². The number of nitrogens with zero attached hydrogens (tertiary/aromatic N) is 6. The highest BCUT2D eigenvalue weighted by atomic mass is 15.4. The largest absolute Gasteiger partial charge is 0.382 e. The number of rotatable bonds is 3. The Kier molecular flexibility index (Phi) is 3.10. The van der Waals surface area contributed by atoms with E-state index in [1.807, 2.05) is 18.9 Å². The van der Waals surface area contributed by atoms with Crippen molar-refractivity contribution in [2.75, 3.05) is 24.2 Å². The number of anilines is 2. The summed E-state index contributed by atoms with van der Waals surface area (Å²) in [5, 5.41) is 13.5. The van der Waals surface area contributed by atoms with Gasteiger partial charge in [0.1, 0.15) is 23.8 Å². The monoisotopic (exact) mass is 243 g/mol. The molecule has 2 heterocycles. The van der Waals surface area contributed by atoms with Crippen molar-refractivity contribution in [3.05, 3.63) is 24.2 Å². The van der Waals surface area contributed by atoms with Crippen LogP contribution in [0.15, 0.2) is 18.6 Å². The average molecular weight is 243 g/mol. The molecule has 0 unspecified atom stereocenters. The molecule has 2 aromatic rings. The standard InChI is InChI=1S/C11H13N7/c1-3-17(2)11-8(6-12)10(13)18(16-11)9-4-5-14-7-15-9/h4-5,7H,3,13H2,1-2H3. The first-order chi connectivity index (χ1) is 8.69. The van der Waals surface area contributed by atoms with Crippen molar-refractivity contribution in [1.82, 2.24) is 19.7 Å². The van der Waals surface area contributed by atoms with Gasteiger partial charge < -0.3 is 10.6 Å². The molecule has 92 valence electrons. The normalized spacial score (nSPS) is 10.1. The van der Waals surface area contributed by atoms with Gasteiger partial charge in [0.25, 0.3) is 0 Å². The van der Waals surface area contributed by atoms with Gasteiger partial charge in [0, 0.05) is 25.9 Å². The van der Waals surface area contributed by atoms with Crippen LogP contribution in [0.5, 0.6) is 0 Å². The average Bonchev–Trinajstić information content (AvgIpc) is 2.75. The summed E-state index contributed by atoms with van der Waals surface area (Å²) in [5.41, 5.74) is 6.29. The van der Waals surface area contributed by atoms with E-state index >= 15 is 0 Å². The van der Waals surface area contributed by atoms with Crippen molar-refractivity contribution < 1.29 is 0 Å². The van der Waals surface area contributed by atoms with Crippen LogP contribution in [-0.4, -0.2) is 33.3 Å². The van der Waals surface area contributed by atoms with Gasteiger partial charge in [0.05, 0.1) is 0 Å². The predicted molar refractivity (Wildman–Crippen MR) is 67.2 cm³/mol. The summed E-state index contributed by atoms with van der Waals surface area (Å²) in [7, 11) is 1.85. The highest BCUT2D eigenvalue weighted by molar-refractivity contribution is 5.66. The van der Waals surface area contributed by atoms with Crippen molar-refractivity contribution in [3.8, 4) is 11.9 Å². The number of nitrogen functional groups attached to an aromatic ring is 1. The topological polar surface area (TPSA) is 96.7 Å². The lowest BCUT2D eigenvalue weighted by atomic mass is 10.3. The summed E-state index contributed by atoms with van der Waals surface area (Å²) in [4.78, 5) is 9.75. The van der Waals surface area contributed by atoms with Crippen LogP contribution in [0.2, 0.25) is 0 Å². The fourth-order valence-corrected chi connectivity index (χ4v) is 1.53. The van der Waals surface area contributed by atoms with Gasteiger partial charge in [-0.15, -0.1) is 5.10 Å². The molecule has 0 spiro atoms. The van der Waals surface area contributed by atoms with E-state index in [0.29, 0.717) is 17.2 Å². The molecule has 0 aliphatic rings. The third-order valence-electron chi connectivity index (χ3n) is 2.63. The molecule has 0 fully saturated rings. The van der Waals surface area contributed by atoms with E-state index in [1.54, 1.807) is 12.3 Å². The van der Waals surface area contributed by atoms with Crippen molar-refractivity contribution >= 4 is 11.6 Å². The van der Waals surface area contributed by atoms with E-state index in [2.05, 4.69) is 21.1 Å². The molecular formula is C11H13N7. The van der Waals surface area contributed by atoms with Crippen molar-refractivity contribution in [2.45, 2.75) is 6.92 Å². The van der Waals surface area contributed by atoms with E-state index < -0.39 is 0 Å². The second-order valence-electron chi connectivity index (χ2n) is 3.69. The first-order valence-electron chi connectivity index (χ1n) is 5.45. The lowest BCUT2D eigenvalue weighted by Gasteiger charge is -2.12. The van der Waals surface area contributed by atoms with E-state index in [0.717, 1.165) is 6.54 Å². The number of hydrogen-bond donors (Lipinski definition) is 1. The molecule has 0 aliphatic heterocycles. The number of aromatic nitrogens is 4. The fourth-order valence-electron chi connectivity index (χ4n) is 1.53. The molecule has 0 aliphatic carbocycles. The molecule has 0 radical (unpaired) electrons. The molecule has 2 rings (SSSR count). The summed E-state index contributed by atoms with van der Waals surface area (Å²) in [5.74, 6) is 1.37. The number of nitrogens with two attached hydrogens (primary N) is 1. The first kappa shape index (κ1) is 11.9. The Morgan fingerprint density at radius 2 is 2.33 bits per heavy atom. The summed E-state index contributed by atoms with van der Waals surface area (Å²) in [6.45, 7) is 2.70. The smallest absolute Gasteiger partial charge is 0.171 e. The third-order valence-corrected chi connectivity index (χ3v) is 2.63. The third kappa shape index (κ3) is 1.84. The highest BCUT2D eigenvalue weighted by Gasteiger charge is 2.19. The van der Waals surface area contributed by atoms with Crippen LogP contribution in [0.1, 0.15) is 12.5 Å². The van der Waals surface area contributed by atoms with Crippen molar-refractivity contribution in [3.63, 3.8) is 0 Å². The Hall–Kier alpha value is -2.62. The quantitative estimate of drug-likeness (QED) is 0.846. The molecule has 2 aromatic heterocycles. The van der Waals surface area contributed by atoms with Gasteiger partial charge in [0.2, 0.25) is 0 Å². The van der Waals surface area contributed by atoms with Gasteiger partial charge in [-0.3, -0.25) is 0 Å². The molecule has 7 nitrogen and oxygen atoms in total. The van der Waals surface area contributed by atoms with Crippen LogP contribution in [0.3, 0.4) is 0 Å². The summed E-state index contributed by atoms with van der Waals surface area (Å²) >= 11 is 0. The minimum absolute atomic E-state index is 0.284. The lowest BCUT2D eigenvalue weighted by molar-refractivity contribution is 0.825. The molecule has 0 aromatic carbocycles. The molecule has 0 bridgehead atoms. The van der Waals surface area contributed by atoms with Crippen LogP contribution < -0.4 is 10.6 Å². The number of hydrogen-bond acceptors (Lipinski definition) is 6. The highest BCUT2D eigenvalue weighted by Crippen LogP contribution is 2.25. The summed E-state index contributed by atoms with van der Waals surface area (Å²) in [6.07, 6.45) is 3.00. The molecule has 7 heteroatoms. The Balaban J connectivity index is 2.58. The maximum atomic E-state index is 9.16. The van der Waals surface area contributed by atoms with Crippen molar-refractivity contribution in [2.24, 2.45) is 0 Å². The molecular weight excluding hydrogens is 230 g/mol. The Morgan fingerprint density at radius 3 is 2.89 bits per heavy atom. The molecule has 0 saturated carbocycles. The van der Waals surface area contributed by atoms with Gasteiger partial charge in [-0.1, -0.05) is 0 Å². The van der Waals surface area contributed by atoms with Gasteiger partial charge >= 0.3 is 0 Å². The molecule has 0 amide bonds. The van der Waals surface area contributed by atoms with Crippen LogP contribution in [0, 0.1) is 11.3 Å². The second-order valence-corrected chi connectivity index (χ2v) is 3.69. The van der Waals surface area contributed by atoms with Gasteiger partial charge in [-0.25, -0.2) is 9.97 Å². The zero-order valence-corrected chi connectivity index (χ0v) is 10.2. The van der Waals surface area contributed by atoms with E-state index in [9.17, 15) is 0 Å². The zero-order valence-electron chi connectivity index (χ0n) is 10.2. The number of nitriles is 1. The summed E-state index contributed by atoms with van der Waals surface area (Å²) in [6, 6.07) is 3.76. The van der Waals surface area contributed by atoms with Crippen molar-refractivity contribution in [1.29, 1.82) is 5.26 Å². The second kappa shape index (κ2) is 4.71. The Morgan fingerprint density at radius 1 is 1.56 bits per heavy atom. The first-order valence-corrected chi connectivity index (χ1v) is 5.45. The molecule has 0 atom stereocenters. The Bertz CT molecular complexity index is 581. The van der Waals surface area contributed by atoms with Crippen LogP contribution >= 0.6 is 0 Å². The fraction of sp³-hybridized carbons (Fsp3) is 0.273. The maximum absolute atomic E-state index is 9.16. The molecule has 18 heavy (non-hydrogen) atoms. The van der Waals surface area contributed by atoms with Crippen LogP contribution in [-0.2, 0) is 0 Å². The minimum atomic E-state index is 0.284. The minimum Gasteiger partial charge on any atom is -0.382 e. The lowest BCUT2D eigenvalue weighted by Crippen LogP contribution is -2.17. The van der Waals surface area contributed by atoms with Gasteiger partial charge in [0.15, 0.2) is 11.6 Å². The van der Waals surface area contributed by atoms with Crippen LogP contribution in [0.4, 0.5) is 11.6 Å². The van der Waals surface area contributed by atoms with E-state index in [4.69, 9.17) is 11.0 Å². The summed E-state index contributed by atoms with van der Waals surface area (Å²) < 4.78 is 1.45. The maximum Gasteiger partial charge on any atom is 0.171 e. The Labute approximate surface area is 104 Å². The molecule has 2 N–H and O–H groups in total. The van der Waals surface area contributed by atoms with Gasteiger partial charge in [-0.05, 0) is 6.92 Å². The van der Waals surface area contributed by atoms with Gasteiger partial charge in [-0.2, -0.15) is 9.94 Å². The zero-order chi connectivity index (χ0) is 13.1. The molecule has 0 saturated heterocycles. The predicted octanol–water partition coefficient (Wildman–Crippen LogP) is 0.572. The van der Waals surface area contributed by atoms with Crippen LogP contribution in [0.25, 0.3) is 5.82 Å².